The molecule has 0 aliphatic heterocycles. The number of nitrogens with one attached hydrogen (secondary N) is 1. The number of pyridine rings is 1. The predicted octanol–water partition coefficient (Wildman–Crippen LogP) is 3.27. The van der Waals surface area contributed by atoms with Gasteiger partial charge in [0.05, 0.1) is 17.3 Å². The van der Waals surface area contributed by atoms with Gasteiger partial charge in [0, 0.05) is 18.1 Å². The normalized spacial score (nSPS) is 11.8. The number of amides is 1. The molecule has 108 valence electrons. The van der Waals surface area contributed by atoms with Gasteiger partial charge in [-0.3, -0.25) is 4.79 Å². The van der Waals surface area contributed by atoms with Crippen molar-refractivity contribution in [2.75, 3.05) is 11.9 Å². The smallest absolute Gasteiger partial charge is 0.255 e. The molecule has 20 heavy (non-hydrogen) atoms. The van der Waals surface area contributed by atoms with Crippen molar-refractivity contribution in [1.29, 1.82) is 0 Å². The first-order valence-electron chi connectivity index (χ1n) is 6.92. The van der Waals surface area contributed by atoms with Crippen LogP contribution in [0.3, 0.4) is 0 Å². The predicted molar refractivity (Wildman–Crippen MR) is 84.3 cm³/mol. The topological polar surface area (TPSA) is 46.4 Å². The summed E-state index contributed by atoms with van der Waals surface area (Å²) in [5, 5.41) is 8.13. The van der Waals surface area contributed by atoms with E-state index in [9.17, 15) is 4.79 Å². The van der Waals surface area contributed by atoms with Crippen molar-refractivity contribution in [2.45, 2.75) is 26.7 Å². The van der Waals surface area contributed by atoms with Crippen molar-refractivity contribution in [3.63, 3.8) is 0 Å². The van der Waals surface area contributed by atoms with E-state index in [1.807, 2.05) is 24.4 Å². The highest BCUT2D eigenvalue weighted by atomic mass is 79.9. The third kappa shape index (κ3) is 2.87. The number of alkyl halides is 1. The molecule has 1 N–H and O–H groups in total. The highest BCUT2D eigenvalue weighted by Crippen LogP contribution is 2.27. The van der Waals surface area contributed by atoms with Crippen LogP contribution in [0.1, 0.15) is 37.0 Å². The summed E-state index contributed by atoms with van der Waals surface area (Å²) in [7, 11) is 0. The lowest BCUT2D eigenvalue weighted by molar-refractivity contribution is 0.0934. The molecular formula is C15H20BrN3O. The van der Waals surface area contributed by atoms with Crippen LogP contribution in [-0.4, -0.2) is 27.4 Å². The van der Waals surface area contributed by atoms with E-state index < -0.39 is 0 Å². The van der Waals surface area contributed by atoms with E-state index in [0.29, 0.717) is 12.1 Å². The van der Waals surface area contributed by atoms with E-state index >= 15 is 0 Å². The van der Waals surface area contributed by atoms with Gasteiger partial charge in [-0.15, -0.1) is 0 Å². The van der Waals surface area contributed by atoms with Crippen molar-refractivity contribution in [1.82, 2.24) is 14.9 Å². The van der Waals surface area contributed by atoms with Crippen molar-refractivity contribution in [3.05, 3.63) is 36.2 Å². The van der Waals surface area contributed by atoms with Crippen LogP contribution in [0, 0.1) is 5.41 Å². The largest absolute Gasteiger partial charge is 0.351 e. The van der Waals surface area contributed by atoms with Gasteiger partial charge in [0.25, 0.3) is 5.91 Å². The maximum atomic E-state index is 12.3. The minimum absolute atomic E-state index is 0.0570. The second-order valence-corrected chi connectivity index (χ2v) is 5.67. The molecule has 0 aliphatic rings. The summed E-state index contributed by atoms with van der Waals surface area (Å²) in [6, 6.07) is 5.71. The first-order chi connectivity index (χ1) is 9.65. The minimum Gasteiger partial charge on any atom is -0.351 e. The molecule has 0 unspecified atom stereocenters. The molecular weight excluding hydrogens is 318 g/mol. The molecule has 0 spiro atoms. The number of aromatic nitrogens is 2. The maximum absolute atomic E-state index is 12.3. The lowest BCUT2D eigenvalue weighted by atomic mass is 9.84. The highest BCUT2D eigenvalue weighted by Gasteiger charge is 2.26. The fourth-order valence-corrected chi connectivity index (χ4v) is 3.20. The molecule has 0 atom stereocenters. The first-order valence-corrected chi connectivity index (χ1v) is 8.04. The molecule has 0 radical (unpaired) electrons. The van der Waals surface area contributed by atoms with Gasteiger partial charge < -0.3 is 5.32 Å². The van der Waals surface area contributed by atoms with Crippen LogP contribution in [0.15, 0.2) is 30.6 Å². The van der Waals surface area contributed by atoms with Crippen LogP contribution in [0.5, 0.6) is 0 Å². The van der Waals surface area contributed by atoms with Crippen LogP contribution >= 0.6 is 15.9 Å². The number of carbonyl (C=O) groups is 1. The summed E-state index contributed by atoms with van der Waals surface area (Å²) in [4.78, 5) is 12.3. The van der Waals surface area contributed by atoms with Gasteiger partial charge in [0.2, 0.25) is 0 Å². The van der Waals surface area contributed by atoms with Gasteiger partial charge in [-0.1, -0.05) is 35.8 Å². The number of fused-ring (bicyclic) bond motifs is 1. The lowest BCUT2D eigenvalue weighted by Gasteiger charge is -2.29. The van der Waals surface area contributed by atoms with E-state index in [1.165, 1.54) is 0 Å². The molecule has 2 aromatic heterocycles. The number of nitrogens with zero attached hydrogens (tertiary/aromatic N) is 2. The molecule has 4 nitrogen and oxygen atoms in total. The Morgan fingerprint density at radius 2 is 2.15 bits per heavy atom. The molecule has 0 fully saturated rings. The van der Waals surface area contributed by atoms with Crippen LogP contribution < -0.4 is 5.32 Å². The van der Waals surface area contributed by atoms with Crippen molar-refractivity contribution in [2.24, 2.45) is 5.41 Å². The Labute approximate surface area is 127 Å². The minimum atomic E-state index is -0.0570. The zero-order valence-electron chi connectivity index (χ0n) is 11.9. The Morgan fingerprint density at radius 1 is 1.40 bits per heavy atom. The van der Waals surface area contributed by atoms with Gasteiger partial charge in [0.15, 0.2) is 0 Å². The third-order valence-corrected chi connectivity index (χ3v) is 5.27. The van der Waals surface area contributed by atoms with Crippen molar-refractivity contribution < 1.29 is 4.79 Å². The second kappa shape index (κ2) is 6.39. The van der Waals surface area contributed by atoms with Crippen molar-refractivity contribution >= 4 is 27.4 Å². The fourth-order valence-electron chi connectivity index (χ4n) is 2.21. The van der Waals surface area contributed by atoms with Gasteiger partial charge in [0.1, 0.15) is 0 Å². The first kappa shape index (κ1) is 15.0. The van der Waals surface area contributed by atoms with E-state index in [1.54, 1.807) is 10.7 Å². The number of hydrogen-bond acceptors (Lipinski definition) is 2. The molecule has 2 heterocycles. The van der Waals surface area contributed by atoms with Gasteiger partial charge in [-0.25, -0.2) is 4.52 Å². The monoisotopic (exact) mass is 337 g/mol. The molecule has 0 saturated heterocycles. The Hall–Kier alpha value is -1.36. The van der Waals surface area contributed by atoms with E-state index in [2.05, 4.69) is 40.2 Å². The summed E-state index contributed by atoms with van der Waals surface area (Å²) < 4.78 is 1.71. The van der Waals surface area contributed by atoms with Crippen molar-refractivity contribution in [3.8, 4) is 0 Å². The average molecular weight is 338 g/mol. The Morgan fingerprint density at radius 3 is 2.80 bits per heavy atom. The quantitative estimate of drug-likeness (QED) is 0.822. The third-order valence-electron chi connectivity index (χ3n) is 4.08. The summed E-state index contributed by atoms with van der Waals surface area (Å²) in [6.45, 7) is 4.99. The number of halogens is 1. The van der Waals surface area contributed by atoms with E-state index in [-0.39, 0.29) is 11.3 Å². The second-order valence-electron chi connectivity index (χ2n) is 5.11. The molecule has 1 amide bonds. The number of rotatable bonds is 6. The fraction of sp³-hybridized carbons (Fsp3) is 0.467. The summed E-state index contributed by atoms with van der Waals surface area (Å²) in [6.07, 6.45) is 5.53. The van der Waals surface area contributed by atoms with Crippen LogP contribution in [0.25, 0.3) is 5.52 Å². The summed E-state index contributed by atoms with van der Waals surface area (Å²) in [5.41, 5.74) is 1.59. The maximum Gasteiger partial charge on any atom is 0.255 e. The zero-order chi connectivity index (χ0) is 14.6. The Kier molecular flexibility index (Phi) is 4.81. The molecule has 0 aliphatic carbocycles. The SMILES string of the molecule is CCC(CC)(CBr)CNC(=O)c1cnn2ccccc12. The van der Waals surface area contributed by atoms with E-state index in [0.717, 1.165) is 23.7 Å². The molecule has 2 rings (SSSR count). The molecule has 0 bridgehead atoms. The average Bonchev–Trinajstić information content (AvgIpc) is 2.93. The van der Waals surface area contributed by atoms with Crippen LogP contribution in [0.4, 0.5) is 0 Å². The Balaban J connectivity index is 2.13. The summed E-state index contributed by atoms with van der Waals surface area (Å²) in [5.74, 6) is -0.0570. The lowest BCUT2D eigenvalue weighted by Crippen LogP contribution is -2.38. The van der Waals surface area contributed by atoms with E-state index in [4.69, 9.17) is 0 Å². The van der Waals surface area contributed by atoms with Gasteiger partial charge in [-0.2, -0.15) is 5.10 Å². The zero-order valence-corrected chi connectivity index (χ0v) is 13.5. The standard InChI is InChI=1S/C15H20BrN3O/c1-3-15(4-2,10-16)11-17-14(20)12-9-18-19-8-6-5-7-13(12)19/h5-9H,3-4,10-11H2,1-2H3,(H,17,20). The molecule has 0 aromatic carbocycles. The molecule has 2 aromatic rings. The number of hydrogen-bond donors (Lipinski definition) is 1. The van der Waals surface area contributed by atoms with Crippen LogP contribution in [0.2, 0.25) is 0 Å². The molecule has 5 heteroatoms. The van der Waals surface area contributed by atoms with Crippen LogP contribution in [-0.2, 0) is 0 Å². The number of carbonyl (C=O) groups excluding carboxylic acids is 1. The summed E-state index contributed by atoms with van der Waals surface area (Å²) >= 11 is 3.56. The molecule has 0 saturated carbocycles. The van der Waals surface area contributed by atoms with Gasteiger partial charge >= 0.3 is 0 Å². The highest BCUT2D eigenvalue weighted by molar-refractivity contribution is 9.09. The Bertz CT molecular complexity index is 581. The van der Waals surface area contributed by atoms with Gasteiger partial charge in [-0.05, 0) is 30.4 Å².